The summed E-state index contributed by atoms with van der Waals surface area (Å²) in [6, 6.07) is 25.4. The number of non-ortho nitro benzene ring substituents is 2. The number of methoxy groups -OCH3 is 1. The van der Waals surface area contributed by atoms with Gasteiger partial charge in [0.25, 0.3) is 11.4 Å². The van der Waals surface area contributed by atoms with Crippen LogP contribution < -0.4 is 9.47 Å². The largest absolute Gasteiger partial charge is 0.487 e. The molecule has 4 fully saturated rings. The molecule has 24 heteroatoms. The Balaban J connectivity index is 0.729. The van der Waals surface area contributed by atoms with Crippen molar-refractivity contribution >= 4 is 52.0 Å². The van der Waals surface area contributed by atoms with Crippen molar-refractivity contribution in [2.45, 2.75) is 123 Å². The van der Waals surface area contributed by atoms with Crippen molar-refractivity contribution in [3.8, 4) is 11.5 Å². The van der Waals surface area contributed by atoms with Gasteiger partial charge in [-0.3, -0.25) is 34.6 Å². The molecular weight excluding hydrogens is 1070 g/mol. The predicted octanol–water partition coefficient (Wildman–Crippen LogP) is 12.1. The van der Waals surface area contributed by atoms with Crippen LogP contribution >= 0.6 is 0 Å². The molecule has 83 heavy (non-hydrogen) atoms. The molecular formula is C59H66N12O12. The fourth-order valence-corrected chi connectivity index (χ4v) is 13.7. The van der Waals surface area contributed by atoms with Crippen molar-refractivity contribution in [2.24, 2.45) is 66.8 Å². The first kappa shape index (κ1) is 57.4. The van der Waals surface area contributed by atoms with E-state index < -0.39 is 15.8 Å². The highest BCUT2D eigenvalue weighted by atomic mass is 16.6. The summed E-state index contributed by atoms with van der Waals surface area (Å²) in [5, 5.41) is 55.4. The smallest absolute Gasteiger partial charge is 0.328 e. The number of benzene rings is 4. The number of azo groups is 2. The minimum Gasteiger partial charge on any atom is -0.487 e. The van der Waals surface area contributed by atoms with Gasteiger partial charge in [0.2, 0.25) is 0 Å². The zero-order chi connectivity index (χ0) is 58.3. The van der Waals surface area contributed by atoms with Gasteiger partial charge in [0.1, 0.15) is 61.4 Å². The Kier molecular flexibility index (Phi) is 17.4. The molecule has 24 nitrogen and oxygen atoms in total. The molecule has 434 valence electrons. The number of carbonyl (C=O) groups excluding carboxylic acids is 3. The SMILES string of the molecule is COC(=O)CC[C@@H](C)[C@H]1CC[C@H]2[C@@H]3CC[C@@H]4C[C@H](OC(=O)Cn5cc(COc6ccc(N=Nc7ccc([N+](=O)[O-])cc7)cc6)nn5)CC[C@]4(C)[C@H]3C[C@H](OC(=O)Cn3cc(COc4ccc(N=Nc5ccc([N+](=O)[O-])cc5)cc4)nn3)[C@]12C. The lowest BCUT2D eigenvalue weighted by molar-refractivity contribution is -0.385. The van der Waals surface area contributed by atoms with Gasteiger partial charge >= 0.3 is 17.9 Å². The minimum atomic E-state index is -0.474. The van der Waals surface area contributed by atoms with Crippen LogP contribution in [0, 0.1) is 66.6 Å². The van der Waals surface area contributed by atoms with Gasteiger partial charge in [-0.25, -0.2) is 9.36 Å². The summed E-state index contributed by atoms with van der Waals surface area (Å²) in [6.45, 7) is 6.95. The summed E-state index contributed by atoms with van der Waals surface area (Å²) in [5.74, 6) is 1.89. The van der Waals surface area contributed by atoms with Crippen LogP contribution in [0.1, 0.15) is 96.4 Å². The minimum absolute atomic E-state index is 0.0260. The maximum atomic E-state index is 14.2. The number of hydrogen-bond acceptors (Lipinski definition) is 20. The molecule has 0 N–H and O–H groups in total. The number of fused-ring (bicyclic) bond motifs is 5. The van der Waals surface area contributed by atoms with Crippen LogP contribution in [0.5, 0.6) is 11.5 Å². The first-order valence-electron chi connectivity index (χ1n) is 28.0. The zero-order valence-corrected chi connectivity index (χ0v) is 46.7. The Morgan fingerprint density at radius 3 is 1.63 bits per heavy atom. The number of carbonyl (C=O) groups is 3. The highest BCUT2D eigenvalue weighted by Gasteiger charge is 2.65. The second-order valence-electron chi connectivity index (χ2n) is 22.7. The van der Waals surface area contributed by atoms with Gasteiger partial charge in [0.05, 0.1) is 52.1 Å². The van der Waals surface area contributed by atoms with Crippen molar-refractivity contribution in [3.63, 3.8) is 0 Å². The lowest BCUT2D eigenvalue weighted by Gasteiger charge is -2.62. The predicted molar refractivity (Wildman–Crippen MR) is 297 cm³/mol. The number of nitro groups is 2. The third-order valence-electron chi connectivity index (χ3n) is 17.9. The molecule has 0 unspecified atom stereocenters. The van der Waals surface area contributed by atoms with E-state index in [1.165, 1.54) is 65.0 Å². The van der Waals surface area contributed by atoms with E-state index in [2.05, 4.69) is 61.9 Å². The Hall–Kier alpha value is -8.83. The number of aromatic nitrogens is 6. The number of ether oxygens (including phenoxy) is 5. The maximum Gasteiger partial charge on any atom is 0.328 e. The van der Waals surface area contributed by atoms with Crippen molar-refractivity contribution in [3.05, 3.63) is 141 Å². The van der Waals surface area contributed by atoms with Crippen LogP contribution in [-0.2, 0) is 54.9 Å². The third-order valence-corrected chi connectivity index (χ3v) is 17.9. The van der Waals surface area contributed by atoms with Gasteiger partial charge in [-0.15, -0.1) is 10.2 Å². The highest BCUT2D eigenvalue weighted by Crippen LogP contribution is 2.69. The van der Waals surface area contributed by atoms with Crippen molar-refractivity contribution in [2.75, 3.05) is 7.11 Å². The average Bonchev–Trinajstić information content (AvgIpc) is 1.83. The molecule has 4 aromatic carbocycles. The first-order chi connectivity index (χ1) is 40.0. The quantitative estimate of drug-likeness (QED) is 0.0201. The normalized spacial score (nSPS) is 24.9. The molecule has 2 aromatic heterocycles. The summed E-state index contributed by atoms with van der Waals surface area (Å²) < 4.78 is 32.7. The van der Waals surface area contributed by atoms with Crippen LogP contribution in [0.15, 0.2) is 130 Å². The van der Waals surface area contributed by atoms with E-state index in [-0.39, 0.29) is 90.4 Å². The summed E-state index contributed by atoms with van der Waals surface area (Å²) in [5.41, 5.74) is 2.70. The number of nitrogens with zero attached hydrogens (tertiary/aromatic N) is 12. The highest BCUT2D eigenvalue weighted by molar-refractivity contribution is 5.70. The first-order valence-corrected chi connectivity index (χ1v) is 28.0. The summed E-state index contributed by atoms with van der Waals surface area (Å²) in [7, 11) is 1.42. The van der Waals surface area contributed by atoms with Crippen LogP contribution in [0.25, 0.3) is 0 Å². The average molecular weight is 1140 g/mol. The van der Waals surface area contributed by atoms with Crippen molar-refractivity contribution < 1.29 is 47.9 Å². The molecule has 10 rings (SSSR count). The van der Waals surface area contributed by atoms with E-state index in [0.29, 0.717) is 76.2 Å². The summed E-state index contributed by atoms with van der Waals surface area (Å²) in [4.78, 5) is 60.9. The fraction of sp³-hybridized carbons (Fsp3) is 0.475. The third kappa shape index (κ3) is 13.4. The standard InChI is InChI=1S/C59H66N12O12/c1-37(5-26-55(72)79-4)51-24-25-52-50-23-6-38-29-49(82-56(73)33-68-31-43(64-66-68)35-80-47-19-11-41(12-20-47)62-60-39-7-15-45(16-8-39)70(75)76)27-28-58(38,2)53(50)30-54(59(51,52)3)83-57(74)34-69-32-44(65-67-69)36-81-48-21-13-42(14-22-48)63-61-40-9-17-46(18-10-40)71(77)78/h7-22,31-32,37-38,49-54H,5-6,23-30,33-36H2,1-4H3/t37-,38-,49-,50+,51-,52+,53+,54+,58+,59-/m1/s1. The topological polar surface area (TPSA) is 294 Å². The van der Waals surface area contributed by atoms with Gasteiger partial charge in [-0.05, 0) is 172 Å². The van der Waals surface area contributed by atoms with Gasteiger partial charge in [-0.2, -0.15) is 20.5 Å². The van der Waals surface area contributed by atoms with E-state index in [1.54, 1.807) is 60.9 Å². The molecule has 4 aliphatic carbocycles. The molecule has 4 saturated carbocycles. The number of esters is 3. The fourth-order valence-electron chi connectivity index (χ4n) is 13.7. The summed E-state index contributed by atoms with van der Waals surface area (Å²) >= 11 is 0. The van der Waals surface area contributed by atoms with E-state index >= 15 is 0 Å². The van der Waals surface area contributed by atoms with E-state index in [1.807, 2.05) is 0 Å². The maximum absolute atomic E-state index is 14.2. The van der Waals surface area contributed by atoms with Gasteiger partial charge in [0.15, 0.2) is 0 Å². The van der Waals surface area contributed by atoms with Crippen LogP contribution in [0.2, 0.25) is 0 Å². The molecule has 4 aliphatic rings. The summed E-state index contributed by atoms with van der Waals surface area (Å²) in [6.07, 6.45) is 10.9. The van der Waals surface area contributed by atoms with Gasteiger partial charge < -0.3 is 23.7 Å². The zero-order valence-electron chi connectivity index (χ0n) is 46.7. The lowest BCUT2D eigenvalue weighted by atomic mass is 9.43. The molecule has 0 saturated heterocycles. The number of nitro benzene ring substituents is 2. The van der Waals surface area contributed by atoms with Crippen LogP contribution in [0.3, 0.4) is 0 Å². The Labute approximate surface area is 478 Å². The second kappa shape index (κ2) is 25.1. The lowest BCUT2D eigenvalue weighted by Crippen LogP contribution is -2.59. The molecule has 0 aliphatic heterocycles. The molecule has 6 aromatic rings. The molecule has 0 radical (unpaired) electrons. The molecule has 0 bridgehead atoms. The van der Waals surface area contributed by atoms with Crippen LogP contribution in [0.4, 0.5) is 34.1 Å². The van der Waals surface area contributed by atoms with E-state index in [9.17, 15) is 34.6 Å². The van der Waals surface area contributed by atoms with Crippen molar-refractivity contribution in [1.29, 1.82) is 0 Å². The van der Waals surface area contributed by atoms with Gasteiger partial charge in [-0.1, -0.05) is 31.2 Å². The van der Waals surface area contributed by atoms with E-state index in [0.717, 1.165) is 51.4 Å². The second-order valence-corrected chi connectivity index (χ2v) is 22.7. The Bertz CT molecular complexity index is 3330. The van der Waals surface area contributed by atoms with Gasteiger partial charge in [0, 0.05) is 36.1 Å². The number of hydrogen-bond donors (Lipinski definition) is 0. The monoisotopic (exact) mass is 1130 g/mol. The Morgan fingerprint density at radius 2 is 1.13 bits per heavy atom. The molecule has 0 spiro atoms. The van der Waals surface area contributed by atoms with E-state index in [4.69, 9.17) is 23.7 Å². The molecule has 10 atom stereocenters. The van der Waals surface area contributed by atoms with Crippen molar-refractivity contribution in [1.82, 2.24) is 30.0 Å². The molecule has 2 heterocycles. The molecule has 0 amide bonds. The number of rotatable bonds is 22. The Morgan fingerprint density at radius 1 is 0.639 bits per heavy atom. The van der Waals surface area contributed by atoms with Crippen LogP contribution in [-0.4, -0.2) is 77.1 Å².